The van der Waals surface area contributed by atoms with Crippen molar-refractivity contribution >= 4 is 39.9 Å². The molecule has 1 aliphatic rings. The van der Waals surface area contributed by atoms with E-state index in [2.05, 4.69) is 20.3 Å². The summed E-state index contributed by atoms with van der Waals surface area (Å²) in [4.78, 5) is 25.8. The summed E-state index contributed by atoms with van der Waals surface area (Å²) in [6.07, 6.45) is 4.04. The molecule has 0 radical (unpaired) electrons. The molecular weight excluding hydrogens is 415 g/mol. The minimum Gasteiger partial charge on any atom is -0.489 e. The number of pyridine rings is 2. The summed E-state index contributed by atoms with van der Waals surface area (Å²) in [7, 11) is 0. The van der Waals surface area contributed by atoms with Crippen molar-refractivity contribution in [3.63, 3.8) is 0 Å². The molecule has 0 unspecified atom stereocenters. The van der Waals surface area contributed by atoms with Gasteiger partial charge in [0.15, 0.2) is 5.17 Å². The second-order valence-electron chi connectivity index (χ2n) is 7.22. The third kappa shape index (κ3) is 5.27. The van der Waals surface area contributed by atoms with Crippen molar-refractivity contribution in [3.8, 4) is 5.75 Å². The van der Waals surface area contributed by atoms with E-state index in [9.17, 15) is 9.18 Å². The van der Waals surface area contributed by atoms with Crippen LogP contribution in [0.25, 0.3) is 17.1 Å². The van der Waals surface area contributed by atoms with Crippen LogP contribution in [-0.2, 0) is 11.2 Å². The highest BCUT2D eigenvalue weighted by Crippen LogP contribution is 2.29. The molecule has 8 heteroatoms. The topological polar surface area (TPSA) is 76.5 Å². The predicted octanol–water partition coefficient (Wildman–Crippen LogP) is 4.36. The Bertz CT molecular complexity index is 1190. The van der Waals surface area contributed by atoms with E-state index in [1.165, 1.54) is 23.9 Å². The molecule has 6 nitrogen and oxygen atoms in total. The van der Waals surface area contributed by atoms with Gasteiger partial charge in [0, 0.05) is 18.8 Å². The van der Waals surface area contributed by atoms with Crippen molar-refractivity contribution in [2.45, 2.75) is 26.4 Å². The van der Waals surface area contributed by atoms with Crippen LogP contribution in [0.3, 0.4) is 0 Å². The zero-order valence-corrected chi connectivity index (χ0v) is 17.9. The summed E-state index contributed by atoms with van der Waals surface area (Å²) < 4.78 is 19.1. The summed E-state index contributed by atoms with van der Waals surface area (Å²) in [5.74, 6) is 0.0807. The average Bonchev–Trinajstić information content (AvgIpc) is 3.07. The predicted molar refractivity (Wildman–Crippen MR) is 121 cm³/mol. The maximum Gasteiger partial charge on any atom is 0.286 e. The number of hydrogen-bond acceptors (Lipinski definition) is 6. The van der Waals surface area contributed by atoms with E-state index in [1.807, 2.05) is 32.0 Å². The molecule has 0 aliphatic carbocycles. The lowest BCUT2D eigenvalue weighted by Gasteiger charge is -2.11. The Labute approximate surface area is 183 Å². The first-order valence-electron chi connectivity index (χ1n) is 9.91. The van der Waals surface area contributed by atoms with Gasteiger partial charge in [-0.05, 0) is 67.9 Å². The van der Waals surface area contributed by atoms with Gasteiger partial charge in [0.1, 0.15) is 17.1 Å². The number of benzene rings is 1. The van der Waals surface area contributed by atoms with Crippen molar-refractivity contribution in [2.24, 2.45) is 4.99 Å². The smallest absolute Gasteiger partial charge is 0.286 e. The number of thioether (sulfide) groups is 1. The molecule has 158 valence electrons. The first-order chi connectivity index (χ1) is 15.0. The number of amides is 1. The Morgan fingerprint density at radius 3 is 2.90 bits per heavy atom. The normalized spacial score (nSPS) is 15.0. The second-order valence-corrected chi connectivity index (χ2v) is 8.25. The third-order valence-corrected chi connectivity index (χ3v) is 5.35. The zero-order chi connectivity index (χ0) is 21.8. The zero-order valence-electron chi connectivity index (χ0n) is 17.1. The number of hydrogen-bond donors (Lipinski definition) is 1. The first-order valence-corrected chi connectivity index (χ1v) is 10.7. The van der Waals surface area contributed by atoms with E-state index in [1.54, 1.807) is 24.4 Å². The summed E-state index contributed by atoms with van der Waals surface area (Å²) in [5.41, 5.74) is 2.88. The quantitative estimate of drug-likeness (QED) is 0.579. The molecule has 0 saturated heterocycles. The van der Waals surface area contributed by atoms with E-state index >= 15 is 0 Å². The number of fused-ring (bicyclic) bond motifs is 1. The SMILES string of the molecule is CC(C)Oc1ccnc2ccc(/C=C3\SC(NCCc4cccc(F)c4)=NC3=O)nc12. The number of aromatic nitrogens is 2. The van der Waals surface area contributed by atoms with Crippen LogP contribution in [0.1, 0.15) is 25.1 Å². The average molecular weight is 437 g/mol. The number of nitrogens with zero attached hydrogens (tertiary/aromatic N) is 3. The van der Waals surface area contributed by atoms with E-state index in [4.69, 9.17) is 4.74 Å². The fourth-order valence-corrected chi connectivity index (χ4v) is 3.90. The van der Waals surface area contributed by atoms with Crippen LogP contribution in [-0.4, -0.2) is 33.7 Å². The molecule has 0 spiro atoms. The molecule has 0 fully saturated rings. The molecule has 2 aromatic heterocycles. The third-order valence-electron chi connectivity index (χ3n) is 4.41. The Morgan fingerprint density at radius 1 is 1.23 bits per heavy atom. The van der Waals surface area contributed by atoms with Crippen LogP contribution < -0.4 is 10.1 Å². The molecule has 4 rings (SSSR count). The molecule has 3 aromatic rings. The highest BCUT2D eigenvalue weighted by Gasteiger charge is 2.22. The standard InChI is InChI=1S/C23H21FN4O2S/c1-14(2)30-19-9-11-25-18-7-6-17(27-21(18)19)13-20-22(29)28-23(31-20)26-10-8-15-4-3-5-16(24)12-15/h3-7,9,11-14H,8,10H2,1-2H3,(H,26,28,29)/b20-13-. The van der Waals surface area contributed by atoms with Crippen LogP contribution in [0.15, 0.2) is 58.6 Å². The Kier molecular flexibility index (Phi) is 6.27. The maximum absolute atomic E-state index is 13.3. The molecule has 31 heavy (non-hydrogen) atoms. The van der Waals surface area contributed by atoms with Gasteiger partial charge in [-0.1, -0.05) is 12.1 Å². The summed E-state index contributed by atoms with van der Waals surface area (Å²) in [6.45, 7) is 4.45. The van der Waals surface area contributed by atoms with Gasteiger partial charge in [-0.25, -0.2) is 9.37 Å². The van der Waals surface area contributed by atoms with Crippen molar-refractivity contribution in [1.82, 2.24) is 15.3 Å². The van der Waals surface area contributed by atoms with Gasteiger partial charge >= 0.3 is 0 Å². The number of halogens is 1. The van der Waals surface area contributed by atoms with E-state index in [0.717, 1.165) is 11.1 Å². The lowest BCUT2D eigenvalue weighted by atomic mass is 10.1. The minimum atomic E-state index is -0.315. The van der Waals surface area contributed by atoms with Crippen LogP contribution in [0.4, 0.5) is 4.39 Å². The van der Waals surface area contributed by atoms with E-state index < -0.39 is 0 Å². The number of aliphatic imine (C=N–C) groups is 1. The lowest BCUT2D eigenvalue weighted by molar-refractivity contribution is -0.113. The van der Waals surface area contributed by atoms with Gasteiger partial charge in [-0.15, -0.1) is 0 Å². The van der Waals surface area contributed by atoms with Crippen LogP contribution in [0, 0.1) is 5.82 Å². The lowest BCUT2D eigenvalue weighted by Crippen LogP contribution is -2.21. The molecule has 0 saturated carbocycles. The van der Waals surface area contributed by atoms with Crippen LogP contribution in [0.5, 0.6) is 5.75 Å². The highest BCUT2D eigenvalue weighted by atomic mass is 32.2. The van der Waals surface area contributed by atoms with Crippen LogP contribution in [0.2, 0.25) is 0 Å². The van der Waals surface area contributed by atoms with Gasteiger partial charge in [-0.3, -0.25) is 9.78 Å². The van der Waals surface area contributed by atoms with Gasteiger partial charge in [0.25, 0.3) is 5.91 Å². The minimum absolute atomic E-state index is 0.00999. The van der Waals surface area contributed by atoms with E-state index in [-0.39, 0.29) is 17.8 Å². The number of carbonyl (C=O) groups is 1. The molecule has 1 amide bonds. The maximum atomic E-state index is 13.3. The summed E-state index contributed by atoms with van der Waals surface area (Å²) in [6, 6.07) is 11.9. The number of ether oxygens (including phenoxy) is 1. The largest absolute Gasteiger partial charge is 0.489 e. The second kappa shape index (κ2) is 9.26. The van der Waals surface area contributed by atoms with Gasteiger partial charge in [0.05, 0.1) is 22.2 Å². The number of rotatable bonds is 6. The van der Waals surface area contributed by atoms with Crippen molar-refractivity contribution < 1.29 is 13.9 Å². The molecule has 0 bridgehead atoms. The van der Waals surface area contributed by atoms with Crippen molar-refractivity contribution in [1.29, 1.82) is 0 Å². The monoisotopic (exact) mass is 436 g/mol. The first kappa shape index (κ1) is 21.0. The highest BCUT2D eigenvalue weighted by molar-refractivity contribution is 8.18. The van der Waals surface area contributed by atoms with E-state index in [0.29, 0.717) is 40.0 Å². The molecule has 1 aliphatic heterocycles. The molecular formula is C23H21FN4O2S. The van der Waals surface area contributed by atoms with Gasteiger partial charge in [-0.2, -0.15) is 4.99 Å². The summed E-state index contributed by atoms with van der Waals surface area (Å²) >= 11 is 1.26. The number of carbonyl (C=O) groups excluding carboxylic acids is 1. The molecule has 3 heterocycles. The number of amidine groups is 1. The Morgan fingerprint density at radius 2 is 2.10 bits per heavy atom. The summed E-state index contributed by atoms with van der Waals surface area (Å²) in [5, 5.41) is 3.66. The Hall–Kier alpha value is -3.26. The number of nitrogens with one attached hydrogen (secondary N) is 1. The fraction of sp³-hybridized carbons (Fsp3) is 0.217. The molecule has 1 aromatic carbocycles. The molecule has 1 N–H and O–H groups in total. The fourth-order valence-electron chi connectivity index (χ4n) is 3.07. The van der Waals surface area contributed by atoms with Crippen LogP contribution >= 0.6 is 11.8 Å². The Balaban J connectivity index is 1.44. The van der Waals surface area contributed by atoms with Crippen molar-refractivity contribution in [2.75, 3.05) is 6.54 Å². The van der Waals surface area contributed by atoms with Gasteiger partial charge in [0.2, 0.25) is 0 Å². The van der Waals surface area contributed by atoms with Crippen molar-refractivity contribution in [3.05, 3.63) is 70.6 Å². The molecule has 0 atom stereocenters. The van der Waals surface area contributed by atoms with Gasteiger partial charge < -0.3 is 10.1 Å².